The molecule has 1 unspecified atom stereocenters. The highest BCUT2D eigenvalue weighted by atomic mass is 15.2. The van der Waals surface area contributed by atoms with E-state index in [0.717, 1.165) is 6.54 Å². The van der Waals surface area contributed by atoms with Crippen LogP contribution in [0.3, 0.4) is 0 Å². The molecule has 2 aliphatic heterocycles. The molecule has 2 aliphatic rings. The van der Waals surface area contributed by atoms with Crippen molar-refractivity contribution in [1.82, 2.24) is 10.2 Å². The van der Waals surface area contributed by atoms with Crippen molar-refractivity contribution in [2.24, 2.45) is 0 Å². The van der Waals surface area contributed by atoms with Crippen LogP contribution in [-0.2, 0) is 6.54 Å². The number of piperidine rings is 1. The third kappa shape index (κ3) is 3.37. The fourth-order valence-electron chi connectivity index (χ4n) is 3.74. The van der Waals surface area contributed by atoms with E-state index in [9.17, 15) is 0 Å². The van der Waals surface area contributed by atoms with Gasteiger partial charge in [-0.2, -0.15) is 0 Å². The second-order valence-electron chi connectivity index (χ2n) is 6.32. The normalized spacial score (nSPS) is 29.3. The van der Waals surface area contributed by atoms with Crippen LogP contribution in [0.1, 0.15) is 44.1 Å². The molecule has 0 amide bonds. The van der Waals surface area contributed by atoms with Crippen LogP contribution in [-0.4, -0.2) is 30.1 Å². The quantitative estimate of drug-likeness (QED) is 0.876. The number of nitrogens with zero attached hydrogens (tertiary/aromatic N) is 1. The highest BCUT2D eigenvalue weighted by Gasteiger charge is 2.34. The molecule has 0 aromatic heterocycles. The van der Waals surface area contributed by atoms with E-state index in [4.69, 9.17) is 0 Å². The molecule has 2 heteroatoms. The van der Waals surface area contributed by atoms with Crippen molar-refractivity contribution in [2.45, 2.75) is 50.6 Å². The first-order valence-electron chi connectivity index (χ1n) is 7.88. The molecule has 2 heterocycles. The topological polar surface area (TPSA) is 15.3 Å². The van der Waals surface area contributed by atoms with Crippen molar-refractivity contribution in [1.29, 1.82) is 0 Å². The Balaban J connectivity index is 1.67. The van der Waals surface area contributed by atoms with Gasteiger partial charge in [-0.15, -0.1) is 0 Å². The molecule has 2 fully saturated rings. The van der Waals surface area contributed by atoms with E-state index in [2.05, 4.69) is 40.5 Å². The van der Waals surface area contributed by atoms with E-state index in [-0.39, 0.29) is 0 Å². The van der Waals surface area contributed by atoms with E-state index in [1.807, 2.05) is 0 Å². The zero-order valence-electron chi connectivity index (χ0n) is 11.9. The molecule has 0 saturated carbocycles. The average molecular weight is 258 g/mol. The Labute approximate surface area is 117 Å². The third-order valence-corrected chi connectivity index (χ3v) is 4.74. The van der Waals surface area contributed by atoms with Gasteiger partial charge in [-0.05, 0) is 44.3 Å². The second-order valence-corrected chi connectivity index (χ2v) is 6.32. The van der Waals surface area contributed by atoms with Gasteiger partial charge in [0.25, 0.3) is 0 Å². The molecule has 1 N–H and O–H groups in total. The van der Waals surface area contributed by atoms with Crippen LogP contribution in [0.2, 0.25) is 0 Å². The lowest BCUT2D eigenvalue weighted by Gasteiger charge is -2.40. The number of benzene rings is 1. The first kappa shape index (κ1) is 13.1. The van der Waals surface area contributed by atoms with Crippen molar-refractivity contribution < 1.29 is 0 Å². The minimum atomic E-state index is 0.420. The fraction of sp³-hybridized carbons (Fsp3) is 0.647. The van der Waals surface area contributed by atoms with Crippen LogP contribution < -0.4 is 5.32 Å². The van der Waals surface area contributed by atoms with Gasteiger partial charge in [0, 0.05) is 18.6 Å². The predicted octanol–water partition coefficient (Wildman–Crippen LogP) is 3.18. The fourth-order valence-corrected chi connectivity index (χ4v) is 3.74. The first-order valence-corrected chi connectivity index (χ1v) is 7.88. The maximum Gasteiger partial charge on any atom is 0.0308 e. The minimum Gasteiger partial charge on any atom is -0.310 e. The maximum atomic E-state index is 3.85. The number of likely N-dealkylation sites (tertiary alicyclic amines) is 1. The molecule has 19 heavy (non-hydrogen) atoms. The van der Waals surface area contributed by atoms with Crippen molar-refractivity contribution in [2.75, 3.05) is 19.6 Å². The Morgan fingerprint density at radius 1 is 1.00 bits per heavy atom. The molecule has 104 valence electrons. The van der Waals surface area contributed by atoms with Crippen LogP contribution in [0.4, 0.5) is 0 Å². The molecule has 1 atom stereocenters. The Bertz CT molecular complexity index is 382. The minimum absolute atomic E-state index is 0.420. The first-order chi connectivity index (χ1) is 9.36. The summed E-state index contributed by atoms with van der Waals surface area (Å²) in [6, 6.07) is 10.9. The van der Waals surface area contributed by atoms with Gasteiger partial charge in [0.05, 0.1) is 0 Å². The van der Waals surface area contributed by atoms with Crippen LogP contribution >= 0.6 is 0 Å². The van der Waals surface area contributed by atoms with Crippen molar-refractivity contribution in [3.05, 3.63) is 35.9 Å². The summed E-state index contributed by atoms with van der Waals surface area (Å²) in [4.78, 5) is 2.67. The number of nitrogens with one attached hydrogen (secondary N) is 1. The molecule has 0 aliphatic carbocycles. The molecule has 1 aromatic carbocycles. The van der Waals surface area contributed by atoms with Gasteiger partial charge in [0.15, 0.2) is 0 Å². The molecule has 2 nitrogen and oxygen atoms in total. The Morgan fingerprint density at radius 3 is 2.58 bits per heavy atom. The summed E-state index contributed by atoms with van der Waals surface area (Å²) in [5.74, 6) is 0. The van der Waals surface area contributed by atoms with E-state index in [1.54, 1.807) is 0 Å². The van der Waals surface area contributed by atoms with Crippen LogP contribution in [0.5, 0.6) is 0 Å². The standard InChI is InChI=1S/C17H26N2/c1-2-8-16(9-3-1)14-19-13-7-5-11-17(15-19)10-4-6-12-18-17/h1-3,8-9,18H,4-7,10-15H2. The molecule has 1 spiro atoms. The van der Waals surface area contributed by atoms with Gasteiger partial charge in [0.2, 0.25) is 0 Å². The largest absolute Gasteiger partial charge is 0.310 e. The number of hydrogen-bond acceptors (Lipinski definition) is 2. The zero-order chi connectivity index (χ0) is 13.0. The molecule has 0 radical (unpaired) electrons. The molecule has 2 saturated heterocycles. The van der Waals surface area contributed by atoms with Crippen LogP contribution in [0.25, 0.3) is 0 Å². The highest BCUT2D eigenvalue weighted by molar-refractivity contribution is 5.14. The van der Waals surface area contributed by atoms with Gasteiger partial charge in [-0.25, -0.2) is 0 Å². The predicted molar refractivity (Wildman–Crippen MR) is 80.2 cm³/mol. The Morgan fingerprint density at radius 2 is 1.79 bits per heavy atom. The average Bonchev–Trinajstić information content (AvgIpc) is 2.63. The highest BCUT2D eigenvalue weighted by Crippen LogP contribution is 2.29. The van der Waals surface area contributed by atoms with Crippen LogP contribution in [0, 0.1) is 0 Å². The molecular formula is C17H26N2. The summed E-state index contributed by atoms with van der Waals surface area (Å²) in [5, 5.41) is 3.85. The summed E-state index contributed by atoms with van der Waals surface area (Å²) in [6.07, 6.45) is 8.26. The van der Waals surface area contributed by atoms with Crippen molar-refractivity contribution >= 4 is 0 Å². The van der Waals surface area contributed by atoms with Crippen molar-refractivity contribution in [3.63, 3.8) is 0 Å². The third-order valence-electron chi connectivity index (χ3n) is 4.74. The van der Waals surface area contributed by atoms with Gasteiger partial charge in [-0.3, -0.25) is 4.90 Å². The van der Waals surface area contributed by atoms with Gasteiger partial charge >= 0.3 is 0 Å². The Hall–Kier alpha value is -0.860. The summed E-state index contributed by atoms with van der Waals surface area (Å²) >= 11 is 0. The lowest BCUT2D eigenvalue weighted by atomic mass is 9.84. The summed E-state index contributed by atoms with van der Waals surface area (Å²) < 4.78 is 0. The van der Waals surface area contributed by atoms with E-state index in [1.165, 1.54) is 63.7 Å². The second kappa shape index (κ2) is 6.06. The summed E-state index contributed by atoms with van der Waals surface area (Å²) in [5.41, 5.74) is 1.87. The SMILES string of the molecule is c1ccc(CN2CCCCC3(CCCCN3)C2)cc1. The maximum absolute atomic E-state index is 3.85. The smallest absolute Gasteiger partial charge is 0.0308 e. The van der Waals surface area contributed by atoms with Crippen molar-refractivity contribution in [3.8, 4) is 0 Å². The van der Waals surface area contributed by atoms with Crippen LogP contribution in [0.15, 0.2) is 30.3 Å². The van der Waals surface area contributed by atoms with Gasteiger partial charge in [0.1, 0.15) is 0 Å². The Kier molecular flexibility index (Phi) is 4.19. The summed E-state index contributed by atoms with van der Waals surface area (Å²) in [7, 11) is 0. The zero-order valence-corrected chi connectivity index (χ0v) is 11.9. The lowest BCUT2D eigenvalue weighted by molar-refractivity contribution is 0.158. The van der Waals surface area contributed by atoms with E-state index in [0.29, 0.717) is 5.54 Å². The molecular weight excluding hydrogens is 232 g/mol. The monoisotopic (exact) mass is 258 g/mol. The van der Waals surface area contributed by atoms with E-state index < -0.39 is 0 Å². The summed E-state index contributed by atoms with van der Waals surface area (Å²) in [6.45, 7) is 4.84. The van der Waals surface area contributed by atoms with E-state index >= 15 is 0 Å². The number of hydrogen-bond donors (Lipinski definition) is 1. The number of rotatable bonds is 2. The lowest BCUT2D eigenvalue weighted by Crippen LogP contribution is -2.54. The van der Waals surface area contributed by atoms with Gasteiger partial charge in [-0.1, -0.05) is 43.2 Å². The molecule has 3 rings (SSSR count). The molecule has 1 aromatic rings. The molecule has 0 bridgehead atoms. The van der Waals surface area contributed by atoms with Gasteiger partial charge < -0.3 is 5.32 Å².